The van der Waals surface area contributed by atoms with E-state index in [-0.39, 0.29) is 18.4 Å². The molecule has 0 amide bonds. The topological polar surface area (TPSA) is 18.5 Å². The standard InChI is InChI=1S/C31H28F6O2/c1-2-3-4-5-16-38-25-13-10-21(11-14-25)23-12-15-26-24(19-23)9-8-22(29(26)34)7-6-20-17-27(32)30(28(33)18-20)39-31(35,36)37/h8-15,17-19H,2-7,16H2,1H3. The van der Waals surface area contributed by atoms with Crippen molar-refractivity contribution in [2.45, 2.75) is 51.8 Å². The molecule has 0 N–H and O–H groups in total. The minimum atomic E-state index is -5.22. The average Bonchev–Trinajstić information content (AvgIpc) is 2.90. The lowest BCUT2D eigenvalue weighted by molar-refractivity contribution is -0.276. The summed E-state index contributed by atoms with van der Waals surface area (Å²) in [5.41, 5.74) is 2.29. The summed E-state index contributed by atoms with van der Waals surface area (Å²) >= 11 is 0. The van der Waals surface area contributed by atoms with Gasteiger partial charge >= 0.3 is 6.36 Å². The van der Waals surface area contributed by atoms with E-state index in [0.717, 1.165) is 41.9 Å². The number of hydrogen-bond acceptors (Lipinski definition) is 2. The van der Waals surface area contributed by atoms with E-state index in [4.69, 9.17) is 4.74 Å². The molecule has 8 heteroatoms. The maximum atomic E-state index is 15.3. The summed E-state index contributed by atoms with van der Waals surface area (Å²) in [6.45, 7) is 2.84. The summed E-state index contributed by atoms with van der Waals surface area (Å²) in [5.74, 6) is -4.11. The van der Waals surface area contributed by atoms with Crippen LogP contribution in [0.3, 0.4) is 0 Å². The molecule has 206 valence electrons. The van der Waals surface area contributed by atoms with Gasteiger partial charge in [-0.2, -0.15) is 0 Å². The zero-order valence-corrected chi connectivity index (χ0v) is 21.4. The van der Waals surface area contributed by atoms with Crippen LogP contribution in [-0.4, -0.2) is 13.0 Å². The van der Waals surface area contributed by atoms with Gasteiger partial charge < -0.3 is 9.47 Å². The van der Waals surface area contributed by atoms with Crippen LogP contribution in [-0.2, 0) is 12.8 Å². The number of alkyl halides is 3. The fraction of sp³-hybridized carbons (Fsp3) is 0.290. The molecule has 0 aromatic heterocycles. The maximum Gasteiger partial charge on any atom is 0.573 e. The summed E-state index contributed by atoms with van der Waals surface area (Å²) in [7, 11) is 0. The van der Waals surface area contributed by atoms with Crippen molar-refractivity contribution in [2.24, 2.45) is 0 Å². The Morgan fingerprint density at radius 1 is 0.718 bits per heavy atom. The Morgan fingerprint density at radius 3 is 2.08 bits per heavy atom. The molecule has 0 saturated heterocycles. The van der Waals surface area contributed by atoms with Crippen LogP contribution in [0.5, 0.6) is 11.5 Å². The molecular formula is C31H28F6O2. The van der Waals surface area contributed by atoms with Crippen molar-refractivity contribution in [1.82, 2.24) is 0 Å². The molecule has 0 aliphatic rings. The summed E-state index contributed by atoms with van der Waals surface area (Å²) in [4.78, 5) is 0. The largest absolute Gasteiger partial charge is 0.573 e. The van der Waals surface area contributed by atoms with Crippen LogP contribution in [0.2, 0.25) is 0 Å². The van der Waals surface area contributed by atoms with Gasteiger partial charge in [0, 0.05) is 5.39 Å². The van der Waals surface area contributed by atoms with Gasteiger partial charge in [-0.15, -0.1) is 13.2 Å². The Balaban J connectivity index is 1.44. The molecule has 0 spiro atoms. The Morgan fingerprint density at radius 2 is 1.41 bits per heavy atom. The first kappa shape index (κ1) is 28.3. The molecule has 4 aromatic rings. The molecule has 0 fully saturated rings. The minimum absolute atomic E-state index is 0.0215. The zero-order chi connectivity index (χ0) is 28.0. The van der Waals surface area contributed by atoms with Gasteiger partial charge in [-0.05, 0) is 77.2 Å². The second-order valence-corrected chi connectivity index (χ2v) is 9.34. The van der Waals surface area contributed by atoms with Crippen LogP contribution in [0, 0.1) is 17.5 Å². The lowest BCUT2D eigenvalue weighted by Crippen LogP contribution is -2.19. The van der Waals surface area contributed by atoms with Crippen molar-refractivity contribution in [2.75, 3.05) is 6.61 Å². The molecule has 0 saturated carbocycles. The molecule has 0 heterocycles. The lowest BCUT2D eigenvalue weighted by Gasteiger charge is -2.12. The van der Waals surface area contributed by atoms with Crippen molar-refractivity contribution >= 4 is 10.8 Å². The third kappa shape index (κ3) is 7.46. The molecule has 0 unspecified atom stereocenters. The summed E-state index contributed by atoms with van der Waals surface area (Å²) in [5, 5.41) is 1.09. The quantitative estimate of drug-likeness (QED) is 0.138. The van der Waals surface area contributed by atoms with E-state index < -0.39 is 29.6 Å². The highest BCUT2D eigenvalue weighted by Crippen LogP contribution is 2.31. The highest BCUT2D eigenvalue weighted by atomic mass is 19.4. The van der Waals surface area contributed by atoms with E-state index in [1.165, 1.54) is 12.8 Å². The van der Waals surface area contributed by atoms with Crippen molar-refractivity contribution in [3.05, 3.63) is 95.3 Å². The number of unbranched alkanes of at least 4 members (excludes halogenated alkanes) is 3. The summed E-state index contributed by atoms with van der Waals surface area (Å²) in [6.07, 6.45) is -0.558. The summed E-state index contributed by atoms with van der Waals surface area (Å²) < 4.78 is 89.5. The molecule has 39 heavy (non-hydrogen) atoms. The lowest BCUT2D eigenvalue weighted by atomic mass is 9.97. The number of benzene rings is 4. The Labute approximate surface area is 223 Å². The number of fused-ring (bicyclic) bond motifs is 1. The van der Waals surface area contributed by atoms with Crippen LogP contribution >= 0.6 is 0 Å². The Hall–Kier alpha value is -3.68. The smallest absolute Gasteiger partial charge is 0.494 e. The van der Waals surface area contributed by atoms with Gasteiger partial charge in [0.2, 0.25) is 5.75 Å². The average molecular weight is 547 g/mol. The van der Waals surface area contributed by atoms with E-state index in [2.05, 4.69) is 11.7 Å². The van der Waals surface area contributed by atoms with Gasteiger partial charge in [0.1, 0.15) is 11.6 Å². The van der Waals surface area contributed by atoms with Gasteiger partial charge in [-0.25, -0.2) is 13.2 Å². The number of aryl methyl sites for hydroxylation is 2. The first-order valence-electron chi connectivity index (χ1n) is 12.8. The fourth-order valence-electron chi connectivity index (χ4n) is 4.42. The molecular weight excluding hydrogens is 518 g/mol. The summed E-state index contributed by atoms with van der Waals surface area (Å²) in [6, 6.07) is 18.0. The van der Waals surface area contributed by atoms with Crippen LogP contribution in [0.25, 0.3) is 21.9 Å². The van der Waals surface area contributed by atoms with E-state index in [9.17, 15) is 22.0 Å². The van der Waals surface area contributed by atoms with Crippen molar-refractivity contribution < 1.29 is 35.8 Å². The van der Waals surface area contributed by atoms with Crippen LogP contribution < -0.4 is 9.47 Å². The van der Waals surface area contributed by atoms with Crippen LogP contribution in [0.4, 0.5) is 26.3 Å². The molecule has 0 atom stereocenters. The minimum Gasteiger partial charge on any atom is -0.494 e. The zero-order valence-electron chi connectivity index (χ0n) is 21.4. The highest BCUT2D eigenvalue weighted by molar-refractivity contribution is 5.88. The first-order valence-corrected chi connectivity index (χ1v) is 12.8. The van der Waals surface area contributed by atoms with E-state index in [0.29, 0.717) is 22.9 Å². The Kier molecular flexibility index (Phi) is 9.04. The van der Waals surface area contributed by atoms with Crippen LogP contribution in [0.1, 0.15) is 43.7 Å². The van der Waals surface area contributed by atoms with Gasteiger partial charge in [0.25, 0.3) is 0 Å². The monoisotopic (exact) mass is 546 g/mol. The number of halogens is 6. The molecule has 4 aromatic carbocycles. The number of rotatable bonds is 11. The Bertz CT molecular complexity index is 1390. The molecule has 0 bridgehead atoms. The fourth-order valence-corrected chi connectivity index (χ4v) is 4.42. The van der Waals surface area contributed by atoms with Crippen molar-refractivity contribution in [1.29, 1.82) is 0 Å². The van der Waals surface area contributed by atoms with E-state index in [1.807, 2.05) is 36.4 Å². The predicted octanol–water partition coefficient (Wildman–Crippen LogP) is 9.57. The SMILES string of the molecule is CCCCCCOc1ccc(-c2ccc3c(F)c(CCc4cc(F)c(OC(F)(F)F)c(F)c4)ccc3c2)cc1. The normalized spacial score (nSPS) is 11.7. The molecule has 0 aliphatic carbocycles. The van der Waals surface area contributed by atoms with Gasteiger partial charge in [-0.1, -0.05) is 62.6 Å². The molecule has 0 aliphatic heterocycles. The third-order valence-electron chi connectivity index (χ3n) is 6.45. The molecule has 2 nitrogen and oxygen atoms in total. The second kappa shape index (κ2) is 12.5. The number of hydrogen-bond donors (Lipinski definition) is 0. The van der Waals surface area contributed by atoms with Gasteiger partial charge in [0.05, 0.1) is 6.61 Å². The second-order valence-electron chi connectivity index (χ2n) is 9.34. The molecule has 4 rings (SSSR count). The highest BCUT2D eigenvalue weighted by Gasteiger charge is 2.34. The van der Waals surface area contributed by atoms with Crippen molar-refractivity contribution in [3.8, 4) is 22.6 Å². The van der Waals surface area contributed by atoms with Crippen molar-refractivity contribution in [3.63, 3.8) is 0 Å². The van der Waals surface area contributed by atoms with Gasteiger partial charge in [-0.3, -0.25) is 0 Å². The molecule has 0 radical (unpaired) electrons. The number of ether oxygens (including phenoxy) is 2. The first-order chi connectivity index (χ1) is 18.6. The van der Waals surface area contributed by atoms with E-state index >= 15 is 4.39 Å². The van der Waals surface area contributed by atoms with Gasteiger partial charge in [0.15, 0.2) is 11.6 Å². The maximum absolute atomic E-state index is 15.3. The van der Waals surface area contributed by atoms with Crippen LogP contribution in [0.15, 0.2) is 66.7 Å². The van der Waals surface area contributed by atoms with E-state index in [1.54, 1.807) is 18.2 Å². The third-order valence-corrected chi connectivity index (χ3v) is 6.45. The predicted molar refractivity (Wildman–Crippen MR) is 139 cm³/mol.